The van der Waals surface area contributed by atoms with Gasteiger partial charge in [0.15, 0.2) is 0 Å². The number of hydrogen-bond acceptors (Lipinski definition) is 3. The fraction of sp³-hybridized carbons (Fsp3) is 1.00. The van der Waals surface area contributed by atoms with Crippen LogP contribution < -0.4 is 5.32 Å². The topological polar surface area (TPSA) is 18.5 Å². The summed E-state index contributed by atoms with van der Waals surface area (Å²) in [5.41, 5.74) is 0. The molecule has 1 heterocycles. The Morgan fingerprint density at radius 1 is 1.00 bits per heavy atom. The van der Waals surface area contributed by atoms with Crippen molar-refractivity contribution < 1.29 is 0 Å². The Kier molecular flexibility index (Phi) is 7.48. The maximum Gasteiger partial charge on any atom is 0.0223 e. The van der Waals surface area contributed by atoms with Crippen LogP contribution in [0.4, 0.5) is 0 Å². The second-order valence-corrected chi connectivity index (χ2v) is 7.21. The predicted molar refractivity (Wildman–Crippen MR) is 91.8 cm³/mol. The molecule has 3 nitrogen and oxygen atoms in total. The van der Waals surface area contributed by atoms with Gasteiger partial charge in [0.25, 0.3) is 0 Å². The van der Waals surface area contributed by atoms with Crippen molar-refractivity contribution >= 4 is 0 Å². The second kappa shape index (κ2) is 9.12. The highest BCUT2D eigenvalue weighted by Gasteiger charge is 2.27. The molecule has 0 amide bonds. The summed E-state index contributed by atoms with van der Waals surface area (Å²) in [6.07, 6.45) is 9.90. The zero-order chi connectivity index (χ0) is 15.1. The number of nitrogens with one attached hydrogen (secondary N) is 1. The van der Waals surface area contributed by atoms with E-state index in [2.05, 4.69) is 36.0 Å². The molecule has 0 radical (unpaired) electrons. The first-order chi connectivity index (χ1) is 10.2. The van der Waals surface area contributed by atoms with Crippen LogP contribution in [0.5, 0.6) is 0 Å². The van der Waals surface area contributed by atoms with Gasteiger partial charge in [-0.25, -0.2) is 0 Å². The van der Waals surface area contributed by atoms with Gasteiger partial charge in [0.1, 0.15) is 0 Å². The molecule has 0 aromatic rings. The zero-order valence-electron chi connectivity index (χ0n) is 14.6. The summed E-state index contributed by atoms with van der Waals surface area (Å²) in [6, 6.07) is 1.56. The first kappa shape index (κ1) is 17.2. The van der Waals surface area contributed by atoms with Gasteiger partial charge in [-0.3, -0.25) is 4.90 Å². The van der Waals surface area contributed by atoms with Crippen LogP contribution in [-0.2, 0) is 0 Å². The molecule has 0 spiro atoms. The van der Waals surface area contributed by atoms with Crippen LogP contribution in [0, 0.1) is 5.92 Å². The van der Waals surface area contributed by atoms with Crippen molar-refractivity contribution in [3.05, 3.63) is 0 Å². The van der Waals surface area contributed by atoms with E-state index in [1.165, 1.54) is 71.1 Å². The van der Waals surface area contributed by atoms with E-state index < -0.39 is 0 Å². The summed E-state index contributed by atoms with van der Waals surface area (Å²) < 4.78 is 0. The highest BCUT2D eigenvalue weighted by atomic mass is 15.2. The summed E-state index contributed by atoms with van der Waals surface area (Å²) in [5, 5.41) is 3.76. The molecule has 0 bridgehead atoms. The third-order valence-corrected chi connectivity index (χ3v) is 5.60. The molecular formula is C18H37N3. The first-order valence-electron chi connectivity index (χ1n) is 9.40. The number of likely N-dealkylation sites (N-methyl/N-ethyl adjacent to an activating group) is 2. The van der Waals surface area contributed by atoms with Crippen LogP contribution in [0.2, 0.25) is 0 Å². The van der Waals surface area contributed by atoms with Gasteiger partial charge in [-0.05, 0) is 58.3 Å². The van der Waals surface area contributed by atoms with E-state index in [-0.39, 0.29) is 0 Å². The lowest BCUT2D eigenvalue weighted by Crippen LogP contribution is -2.44. The monoisotopic (exact) mass is 295 g/mol. The van der Waals surface area contributed by atoms with Gasteiger partial charge in [0.2, 0.25) is 0 Å². The Balaban J connectivity index is 1.82. The van der Waals surface area contributed by atoms with E-state index in [0.29, 0.717) is 0 Å². The summed E-state index contributed by atoms with van der Waals surface area (Å²) >= 11 is 0. The molecule has 3 atom stereocenters. The lowest BCUT2D eigenvalue weighted by Gasteiger charge is -2.33. The molecule has 1 saturated carbocycles. The van der Waals surface area contributed by atoms with Gasteiger partial charge in [0.05, 0.1) is 0 Å². The number of likely N-dealkylation sites (tertiary alicyclic amines) is 1. The maximum absolute atomic E-state index is 3.76. The quantitative estimate of drug-likeness (QED) is 0.729. The molecule has 0 aromatic heterocycles. The summed E-state index contributed by atoms with van der Waals surface area (Å²) in [7, 11) is 2.35. The number of rotatable bonds is 7. The van der Waals surface area contributed by atoms with Crippen molar-refractivity contribution in [2.45, 2.75) is 70.9 Å². The van der Waals surface area contributed by atoms with E-state index in [9.17, 15) is 0 Å². The van der Waals surface area contributed by atoms with Crippen molar-refractivity contribution in [3.63, 3.8) is 0 Å². The highest BCUT2D eigenvalue weighted by Crippen LogP contribution is 2.25. The van der Waals surface area contributed by atoms with Crippen molar-refractivity contribution in [1.29, 1.82) is 0 Å². The first-order valence-corrected chi connectivity index (χ1v) is 9.40. The van der Waals surface area contributed by atoms with Crippen LogP contribution in [-0.4, -0.2) is 61.7 Å². The van der Waals surface area contributed by atoms with E-state index in [1.807, 2.05) is 0 Å². The molecule has 21 heavy (non-hydrogen) atoms. The molecule has 2 aliphatic rings. The second-order valence-electron chi connectivity index (χ2n) is 7.21. The Morgan fingerprint density at radius 3 is 2.57 bits per heavy atom. The Hall–Kier alpha value is -0.120. The number of hydrogen-bond donors (Lipinski definition) is 1. The lowest BCUT2D eigenvalue weighted by molar-refractivity contribution is 0.167. The van der Waals surface area contributed by atoms with Gasteiger partial charge in [0, 0.05) is 25.2 Å². The van der Waals surface area contributed by atoms with E-state index >= 15 is 0 Å². The SMILES string of the molecule is CCNC1CCCCCC1CN(C)CC1CCCN1CC. The Morgan fingerprint density at radius 2 is 1.81 bits per heavy atom. The van der Waals surface area contributed by atoms with Gasteiger partial charge in [-0.15, -0.1) is 0 Å². The van der Waals surface area contributed by atoms with Crippen LogP contribution >= 0.6 is 0 Å². The minimum absolute atomic E-state index is 0.755. The van der Waals surface area contributed by atoms with Crippen molar-refractivity contribution in [2.24, 2.45) is 5.92 Å². The van der Waals surface area contributed by atoms with E-state index in [4.69, 9.17) is 0 Å². The summed E-state index contributed by atoms with van der Waals surface area (Å²) in [4.78, 5) is 5.30. The van der Waals surface area contributed by atoms with Crippen LogP contribution in [0.25, 0.3) is 0 Å². The molecule has 1 N–H and O–H groups in total. The number of nitrogens with zero attached hydrogens (tertiary/aromatic N) is 2. The van der Waals surface area contributed by atoms with Crippen molar-refractivity contribution in [3.8, 4) is 0 Å². The molecule has 0 aromatic carbocycles. The fourth-order valence-electron chi connectivity index (χ4n) is 4.49. The maximum atomic E-state index is 3.76. The van der Waals surface area contributed by atoms with Gasteiger partial charge in [-0.2, -0.15) is 0 Å². The smallest absolute Gasteiger partial charge is 0.0223 e. The average molecular weight is 296 g/mol. The van der Waals surface area contributed by atoms with E-state index in [1.54, 1.807) is 0 Å². The molecule has 1 aliphatic heterocycles. The molecule has 3 unspecified atom stereocenters. The molecule has 2 rings (SSSR count). The fourth-order valence-corrected chi connectivity index (χ4v) is 4.49. The van der Waals surface area contributed by atoms with Crippen molar-refractivity contribution in [2.75, 3.05) is 39.8 Å². The highest BCUT2D eigenvalue weighted by molar-refractivity contribution is 4.84. The average Bonchev–Trinajstić information content (AvgIpc) is 2.80. The molecule has 1 saturated heterocycles. The zero-order valence-corrected chi connectivity index (χ0v) is 14.6. The minimum Gasteiger partial charge on any atom is -0.314 e. The molecular weight excluding hydrogens is 258 g/mol. The van der Waals surface area contributed by atoms with Crippen LogP contribution in [0.15, 0.2) is 0 Å². The third-order valence-electron chi connectivity index (χ3n) is 5.60. The van der Waals surface area contributed by atoms with Gasteiger partial charge >= 0.3 is 0 Å². The summed E-state index contributed by atoms with van der Waals surface area (Å²) in [6.45, 7) is 10.8. The van der Waals surface area contributed by atoms with Crippen LogP contribution in [0.3, 0.4) is 0 Å². The molecule has 124 valence electrons. The minimum atomic E-state index is 0.755. The third kappa shape index (κ3) is 5.22. The largest absolute Gasteiger partial charge is 0.314 e. The Labute approximate surface area is 132 Å². The molecule has 2 fully saturated rings. The van der Waals surface area contributed by atoms with E-state index in [0.717, 1.165) is 24.5 Å². The van der Waals surface area contributed by atoms with Gasteiger partial charge in [-0.1, -0.05) is 33.1 Å². The summed E-state index contributed by atoms with van der Waals surface area (Å²) in [5.74, 6) is 0.855. The normalized spacial score (nSPS) is 31.7. The van der Waals surface area contributed by atoms with Crippen LogP contribution in [0.1, 0.15) is 58.8 Å². The van der Waals surface area contributed by atoms with Crippen molar-refractivity contribution in [1.82, 2.24) is 15.1 Å². The standard InChI is InChI=1S/C18H37N3/c1-4-19-18-12-8-6-7-10-16(18)14-20(3)15-17-11-9-13-21(17)5-2/h16-19H,4-15H2,1-3H3. The molecule has 1 aliphatic carbocycles. The lowest BCUT2D eigenvalue weighted by atomic mass is 9.94. The van der Waals surface area contributed by atoms with Gasteiger partial charge < -0.3 is 10.2 Å². The Bertz CT molecular complexity index is 282. The molecule has 3 heteroatoms. The predicted octanol–water partition coefficient (Wildman–Crippen LogP) is 2.96.